The van der Waals surface area contributed by atoms with E-state index in [0.717, 1.165) is 30.6 Å². The van der Waals surface area contributed by atoms with E-state index in [1.54, 1.807) is 0 Å². The zero-order valence-electron chi connectivity index (χ0n) is 13.2. The molecule has 6 heteroatoms. The second kappa shape index (κ2) is 7.17. The first kappa shape index (κ1) is 15.4. The molecule has 1 aromatic heterocycles. The van der Waals surface area contributed by atoms with Gasteiger partial charge in [-0.3, -0.25) is 4.68 Å². The van der Waals surface area contributed by atoms with E-state index in [4.69, 9.17) is 4.74 Å². The van der Waals surface area contributed by atoms with Crippen molar-refractivity contribution in [1.82, 2.24) is 15.1 Å². The number of aromatic nitrogens is 2. The van der Waals surface area contributed by atoms with Crippen molar-refractivity contribution >= 4 is 11.8 Å². The lowest BCUT2D eigenvalue weighted by atomic mass is 9.87. The Bertz CT molecular complexity index is 635. The molecule has 1 saturated carbocycles. The summed E-state index contributed by atoms with van der Waals surface area (Å²) < 4.78 is 7.11. The van der Waals surface area contributed by atoms with Gasteiger partial charge in [0.15, 0.2) is 0 Å². The van der Waals surface area contributed by atoms with Gasteiger partial charge in [-0.05, 0) is 25.3 Å². The van der Waals surface area contributed by atoms with Gasteiger partial charge >= 0.3 is 6.09 Å². The van der Waals surface area contributed by atoms with Crippen molar-refractivity contribution in [3.63, 3.8) is 0 Å². The Morgan fingerprint density at radius 3 is 2.78 bits per heavy atom. The molecule has 3 rings (SSSR count). The molecule has 1 aliphatic carbocycles. The van der Waals surface area contributed by atoms with Gasteiger partial charge in [0.25, 0.3) is 0 Å². The van der Waals surface area contributed by atoms with Crippen molar-refractivity contribution in [3.8, 4) is 0 Å². The zero-order valence-corrected chi connectivity index (χ0v) is 13.2. The van der Waals surface area contributed by atoms with Crippen LogP contribution in [0.3, 0.4) is 0 Å². The molecule has 1 fully saturated rings. The molecule has 0 radical (unpaired) electrons. The Morgan fingerprint density at radius 1 is 1.30 bits per heavy atom. The van der Waals surface area contributed by atoms with Gasteiger partial charge < -0.3 is 15.4 Å². The number of carbonyl (C=O) groups is 1. The zero-order chi connectivity index (χ0) is 16.1. The molecule has 1 aromatic carbocycles. The molecule has 2 N–H and O–H groups in total. The Balaban J connectivity index is 1.34. The molecule has 2 aromatic rings. The van der Waals surface area contributed by atoms with Gasteiger partial charge in [-0.15, -0.1) is 0 Å². The predicted octanol–water partition coefficient (Wildman–Crippen LogP) is 2.77. The number of ether oxygens (including phenoxy) is 1. The van der Waals surface area contributed by atoms with Crippen LogP contribution in [0.15, 0.2) is 42.7 Å². The maximum atomic E-state index is 11.8. The van der Waals surface area contributed by atoms with E-state index in [2.05, 4.69) is 22.7 Å². The van der Waals surface area contributed by atoms with E-state index in [-0.39, 0.29) is 12.1 Å². The third-order valence-corrected chi connectivity index (χ3v) is 4.00. The molecule has 0 unspecified atom stereocenters. The third-order valence-electron chi connectivity index (χ3n) is 4.00. The fraction of sp³-hybridized carbons (Fsp3) is 0.412. The van der Waals surface area contributed by atoms with Gasteiger partial charge in [0, 0.05) is 24.8 Å². The minimum absolute atomic E-state index is 0.178. The van der Waals surface area contributed by atoms with E-state index in [9.17, 15) is 4.79 Å². The van der Waals surface area contributed by atoms with Crippen LogP contribution in [0.5, 0.6) is 0 Å². The molecular formula is C17H22N4O2. The van der Waals surface area contributed by atoms with E-state index < -0.39 is 0 Å². The third kappa shape index (κ3) is 4.25. The van der Waals surface area contributed by atoms with Gasteiger partial charge in [-0.25, -0.2) is 4.79 Å². The lowest BCUT2D eigenvalue weighted by Gasteiger charge is -2.36. The number of rotatable bonds is 6. The number of nitrogens with one attached hydrogen (secondary N) is 2. The standard InChI is InChI=1S/C17H22N4O2/c1-2-21-11-16(10-18-21)19-14-8-15(9-14)20-17(22)23-12-13-6-4-3-5-7-13/h3-7,10-11,14-15,19H,2,8-9,12H2,1H3,(H,20,22). The number of nitrogens with zero attached hydrogens (tertiary/aromatic N) is 2. The Kier molecular flexibility index (Phi) is 4.80. The van der Waals surface area contributed by atoms with Gasteiger partial charge in [-0.1, -0.05) is 30.3 Å². The average Bonchev–Trinajstić information content (AvgIpc) is 2.99. The minimum atomic E-state index is -0.351. The van der Waals surface area contributed by atoms with Gasteiger partial charge in [0.2, 0.25) is 0 Å². The van der Waals surface area contributed by atoms with E-state index in [1.807, 2.05) is 47.4 Å². The van der Waals surface area contributed by atoms with E-state index in [0.29, 0.717) is 12.6 Å². The normalized spacial score (nSPS) is 19.7. The largest absolute Gasteiger partial charge is 0.445 e. The van der Waals surface area contributed by atoms with Gasteiger partial charge in [-0.2, -0.15) is 5.10 Å². The number of anilines is 1. The highest BCUT2D eigenvalue weighted by Crippen LogP contribution is 2.24. The highest BCUT2D eigenvalue weighted by molar-refractivity contribution is 5.67. The van der Waals surface area contributed by atoms with Crippen LogP contribution in [0.25, 0.3) is 0 Å². The molecule has 122 valence electrons. The summed E-state index contributed by atoms with van der Waals surface area (Å²) in [4.78, 5) is 11.8. The van der Waals surface area contributed by atoms with Crippen molar-refractivity contribution in [3.05, 3.63) is 48.3 Å². The number of hydrogen-bond donors (Lipinski definition) is 2. The fourth-order valence-corrected chi connectivity index (χ4v) is 2.63. The SMILES string of the molecule is CCn1cc(NC2CC(NC(=O)OCc3ccccc3)C2)cn1. The Morgan fingerprint density at radius 2 is 2.09 bits per heavy atom. The molecule has 0 saturated heterocycles. The van der Waals surface area contributed by atoms with Crippen molar-refractivity contribution in [2.24, 2.45) is 0 Å². The highest BCUT2D eigenvalue weighted by atomic mass is 16.5. The Labute approximate surface area is 135 Å². The molecule has 0 spiro atoms. The van der Waals surface area contributed by atoms with Crippen LogP contribution in [0.2, 0.25) is 0 Å². The number of hydrogen-bond acceptors (Lipinski definition) is 4. The van der Waals surface area contributed by atoms with Crippen molar-refractivity contribution in [2.45, 2.75) is 45.0 Å². The van der Waals surface area contributed by atoms with Crippen molar-refractivity contribution < 1.29 is 9.53 Å². The predicted molar refractivity (Wildman–Crippen MR) is 88.1 cm³/mol. The summed E-state index contributed by atoms with van der Waals surface area (Å²) in [6, 6.07) is 10.2. The van der Waals surface area contributed by atoms with Gasteiger partial charge in [0.1, 0.15) is 6.61 Å². The molecule has 0 aliphatic heterocycles. The lowest BCUT2D eigenvalue weighted by Crippen LogP contribution is -2.49. The quantitative estimate of drug-likeness (QED) is 0.860. The van der Waals surface area contributed by atoms with Crippen LogP contribution in [-0.4, -0.2) is 28.0 Å². The van der Waals surface area contributed by atoms with Crippen molar-refractivity contribution in [1.29, 1.82) is 0 Å². The number of alkyl carbamates (subject to hydrolysis) is 1. The molecule has 0 atom stereocenters. The monoisotopic (exact) mass is 314 g/mol. The first-order valence-electron chi connectivity index (χ1n) is 7.99. The van der Waals surface area contributed by atoms with E-state index >= 15 is 0 Å². The van der Waals surface area contributed by atoms with E-state index in [1.165, 1.54) is 0 Å². The summed E-state index contributed by atoms with van der Waals surface area (Å²) in [5, 5.41) is 10.5. The number of benzene rings is 1. The second-order valence-electron chi connectivity index (χ2n) is 5.80. The fourth-order valence-electron chi connectivity index (χ4n) is 2.63. The Hall–Kier alpha value is -2.50. The topological polar surface area (TPSA) is 68.2 Å². The number of aryl methyl sites for hydroxylation is 1. The first-order chi connectivity index (χ1) is 11.2. The van der Waals surface area contributed by atoms with Crippen LogP contribution in [-0.2, 0) is 17.9 Å². The molecule has 1 aliphatic rings. The molecule has 0 bridgehead atoms. The second-order valence-corrected chi connectivity index (χ2v) is 5.80. The first-order valence-corrected chi connectivity index (χ1v) is 7.99. The highest BCUT2D eigenvalue weighted by Gasteiger charge is 2.30. The number of carbonyl (C=O) groups excluding carboxylic acids is 1. The smallest absolute Gasteiger partial charge is 0.407 e. The molecule has 1 heterocycles. The maximum Gasteiger partial charge on any atom is 0.407 e. The summed E-state index contributed by atoms with van der Waals surface area (Å²) in [5.74, 6) is 0. The summed E-state index contributed by atoms with van der Waals surface area (Å²) in [5.41, 5.74) is 2.02. The molecule has 1 amide bonds. The number of amides is 1. The summed E-state index contributed by atoms with van der Waals surface area (Å²) in [6.45, 7) is 3.22. The van der Waals surface area contributed by atoms with Crippen LogP contribution in [0.4, 0.5) is 10.5 Å². The lowest BCUT2D eigenvalue weighted by molar-refractivity contribution is 0.129. The van der Waals surface area contributed by atoms with Crippen molar-refractivity contribution in [2.75, 3.05) is 5.32 Å². The molecular weight excluding hydrogens is 292 g/mol. The van der Waals surface area contributed by atoms with Gasteiger partial charge in [0.05, 0.1) is 11.9 Å². The summed E-state index contributed by atoms with van der Waals surface area (Å²) in [7, 11) is 0. The van der Waals surface area contributed by atoms with Crippen LogP contribution < -0.4 is 10.6 Å². The summed E-state index contributed by atoms with van der Waals surface area (Å²) in [6.07, 6.45) is 5.28. The van der Waals surface area contributed by atoms with Crippen LogP contribution >= 0.6 is 0 Å². The van der Waals surface area contributed by atoms with Crippen LogP contribution in [0.1, 0.15) is 25.3 Å². The summed E-state index contributed by atoms with van der Waals surface area (Å²) >= 11 is 0. The molecule has 6 nitrogen and oxygen atoms in total. The van der Waals surface area contributed by atoms with Crippen LogP contribution in [0, 0.1) is 0 Å². The molecule has 23 heavy (non-hydrogen) atoms. The minimum Gasteiger partial charge on any atom is -0.445 e. The maximum absolute atomic E-state index is 11.8. The average molecular weight is 314 g/mol.